The van der Waals surface area contributed by atoms with Crippen LogP contribution in [0.4, 0.5) is 0 Å². The van der Waals surface area contributed by atoms with Crippen LogP contribution in [0.2, 0.25) is 0 Å². The van der Waals surface area contributed by atoms with Gasteiger partial charge in [-0.25, -0.2) is 0 Å². The first kappa shape index (κ1) is 13.7. The predicted molar refractivity (Wildman–Crippen MR) is 78.5 cm³/mol. The van der Waals surface area contributed by atoms with Gasteiger partial charge in [0.2, 0.25) is 0 Å². The maximum Gasteiger partial charge on any atom is 0.191 e. The standard InChI is InChI=1S/C15H23N3O/c16-15(18-11-5-2-6-12-18)17-10-7-13-19-14-8-3-1-4-9-14/h1,3-4,8-9H,2,5-7,10-13H2,(H2,16,17). The molecule has 4 nitrogen and oxygen atoms in total. The van der Waals surface area contributed by atoms with Crippen LogP contribution in [0.1, 0.15) is 25.7 Å². The minimum Gasteiger partial charge on any atom is -0.494 e. The molecule has 1 saturated heterocycles. The highest BCUT2D eigenvalue weighted by atomic mass is 16.5. The number of hydrogen-bond donors (Lipinski definition) is 1. The molecule has 0 atom stereocenters. The van der Waals surface area contributed by atoms with Gasteiger partial charge in [0.1, 0.15) is 5.75 Å². The Labute approximate surface area is 115 Å². The first-order valence-electron chi connectivity index (χ1n) is 7.09. The number of piperidine rings is 1. The van der Waals surface area contributed by atoms with E-state index in [1.807, 2.05) is 30.3 Å². The van der Waals surface area contributed by atoms with Crippen LogP contribution in [-0.2, 0) is 0 Å². The van der Waals surface area contributed by atoms with Crippen LogP contribution in [0.3, 0.4) is 0 Å². The summed E-state index contributed by atoms with van der Waals surface area (Å²) in [4.78, 5) is 6.60. The summed E-state index contributed by atoms with van der Waals surface area (Å²) in [6.45, 7) is 3.52. The largest absolute Gasteiger partial charge is 0.494 e. The summed E-state index contributed by atoms with van der Waals surface area (Å²) in [5, 5.41) is 0. The van der Waals surface area contributed by atoms with Crippen LogP contribution < -0.4 is 10.5 Å². The van der Waals surface area contributed by atoms with Gasteiger partial charge in [-0.1, -0.05) is 18.2 Å². The summed E-state index contributed by atoms with van der Waals surface area (Å²) in [5.41, 5.74) is 5.98. The molecule has 4 heteroatoms. The summed E-state index contributed by atoms with van der Waals surface area (Å²) < 4.78 is 5.61. The Bertz CT molecular complexity index is 386. The van der Waals surface area contributed by atoms with E-state index in [0.717, 1.165) is 31.8 Å². The summed E-state index contributed by atoms with van der Waals surface area (Å²) >= 11 is 0. The van der Waals surface area contributed by atoms with Crippen molar-refractivity contribution in [2.24, 2.45) is 10.7 Å². The molecule has 0 amide bonds. The summed E-state index contributed by atoms with van der Waals surface area (Å²) in [7, 11) is 0. The van der Waals surface area contributed by atoms with Crippen molar-refractivity contribution in [2.45, 2.75) is 25.7 Å². The maximum atomic E-state index is 5.98. The molecule has 1 fully saturated rings. The minimum atomic E-state index is 0.681. The second-order valence-corrected chi connectivity index (χ2v) is 4.80. The molecule has 0 bridgehead atoms. The van der Waals surface area contributed by atoms with E-state index in [2.05, 4.69) is 9.89 Å². The van der Waals surface area contributed by atoms with Gasteiger partial charge in [0.05, 0.1) is 6.61 Å². The quantitative estimate of drug-likeness (QED) is 0.502. The Morgan fingerprint density at radius 1 is 1.16 bits per heavy atom. The molecule has 1 aromatic carbocycles. The molecule has 0 radical (unpaired) electrons. The van der Waals surface area contributed by atoms with E-state index in [9.17, 15) is 0 Å². The Balaban J connectivity index is 1.62. The molecule has 1 aliphatic rings. The van der Waals surface area contributed by atoms with Gasteiger partial charge in [-0.15, -0.1) is 0 Å². The normalized spacial score (nSPS) is 16.4. The van der Waals surface area contributed by atoms with Crippen LogP contribution in [0.15, 0.2) is 35.3 Å². The van der Waals surface area contributed by atoms with Crippen LogP contribution in [-0.4, -0.2) is 37.1 Å². The summed E-state index contributed by atoms with van der Waals surface area (Å²) in [6, 6.07) is 9.86. The zero-order valence-corrected chi connectivity index (χ0v) is 11.4. The lowest BCUT2D eigenvalue weighted by Gasteiger charge is -2.27. The van der Waals surface area contributed by atoms with Crippen LogP contribution in [0.25, 0.3) is 0 Å². The average molecular weight is 261 g/mol. The smallest absolute Gasteiger partial charge is 0.191 e. The molecule has 104 valence electrons. The van der Waals surface area contributed by atoms with E-state index in [1.165, 1.54) is 19.3 Å². The molecular formula is C15H23N3O. The van der Waals surface area contributed by atoms with Gasteiger partial charge in [0, 0.05) is 26.1 Å². The Kier molecular flexibility index (Phi) is 5.53. The van der Waals surface area contributed by atoms with Crippen molar-refractivity contribution in [3.05, 3.63) is 30.3 Å². The van der Waals surface area contributed by atoms with Crippen molar-refractivity contribution < 1.29 is 4.74 Å². The van der Waals surface area contributed by atoms with Crippen molar-refractivity contribution in [3.8, 4) is 5.75 Å². The molecule has 0 saturated carbocycles. The minimum absolute atomic E-state index is 0.681. The van der Waals surface area contributed by atoms with Gasteiger partial charge in [-0.2, -0.15) is 0 Å². The second kappa shape index (κ2) is 7.67. The number of likely N-dealkylation sites (tertiary alicyclic amines) is 1. The molecular weight excluding hydrogens is 238 g/mol. The zero-order chi connectivity index (χ0) is 13.3. The lowest BCUT2D eigenvalue weighted by molar-refractivity contribution is 0.312. The van der Waals surface area contributed by atoms with Crippen molar-refractivity contribution in [1.82, 2.24) is 4.90 Å². The topological polar surface area (TPSA) is 50.9 Å². The molecule has 1 aliphatic heterocycles. The highest BCUT2D eigenvalue weighted by Crippen LogP contribution is 2.09. The monoisotopic (exact) mass is 261 g/mol. The molecule has 0 aliphatic carbocycles. The van der Waals surface area contributed by atoms with Gasteiger partial charge in [0.15, 0.2) is 5.96 Å². The molecule has 0 spiro atoms. The Morgan fingerprint density at radius 3 is 2.63 bits per heavy atom. The van der Waals surface area contributed by atoms with E-state index in [4.69, 9.17) is 10.5 Å². The van der Waals surface area contributed by atoms with Crippen molar-refractivity contribution in [2.75, 3.05) is 26.2 Å². The van der Waals surface area contributed by atoms with Gasteiger partial charge in [-0.05, 0) is 31.4 Å². The van der Waals surface area contributed by atoms with E-state index < -0.39 is 0 Å². The highest BCUT2D eigenvalue weighted by molar-refractivity contribution is 5.78. The van der Waals surface area contributed by atoms with E-state index in [-0.39, 0.29) is 0 Å². The van der Waals surface area contributed by atoms with Crippen LogP contribution >= 0.6 is 0 Å². The number of nitrogens with zero attached hydrogens (tertiary/aromatic N) is 2. The van der Waals surface area contributed by atoms with E-state index in [1.54, 1.807) is 0 Å². The lowest BCUT2D eigenvalue weighted by atomic mass is 10.1. The maximum absolute atomic E-state index is 5.98. The SMILES string of the molecule is NC(=NCCCOc1ccccc1)N1CCCCC1. The molecule has 1 aromatic rings. The molecule has 19 heavy (non-hydrogen) atoms. The number of aliphatic imine (C=N–C) groups is 1. The van der Waals surface area contributed by atoms with Gasteiger partial charge < -0.3 is 15.4 Å². The van der Waals surface area contributed by atoms with Gasteiger partial charge >= 0.3 is 0 Å². The Morgan fingerprint density at radius 2 is 1.89 bits per heavy atom. The third-order valence-electron chi connectivity index (χ3n) is 3.27. The van der Waals surface area contributed by atoms with Crippen LogP contribution in [0.5, 0.6) is 5.75 Å². The highest BCUT2D eigenvalue weighted by Gasteiger charge is 2.11. The number of guanidine groups is 1. The zero-order valence-electron chi connectivity index (χ0n) is 11.4. The number of ether oxygens (including phenoxy) is 1. The third kappa shape index (κ3) is 4.81. The molecule has 0 aromatic heterocycles. The fourth-order valence-electron chi connectivity index (χ4n) is 2.19. The summed E-state index contributed by atoms with van der Waals surface area (Å²) in [6.07, 6.45) is 4.67. The van der Waals surface area contributed by atoms with Crippen molar-refractivity contribution >= 4 is 5.96 Å². The third-order valence-corrected chi connectivity index (χ3v) is 3.27. The fraction of sp³-hybridized carbons (Fsp3) is 0.533. The first-order valence-corrected chi connectivity index (χ1v) is 7.09. The molecule has 2 rings (SSSR count). The van der Waals surface area contributed by atoms with E-state index >= 15 is 0 Å². The second-order valence-electron chi connectivity index (χ2n) is 4.80. The Hall–Kier alpha value is -1.71. The lowest BCUT2D eigenvalue weighted by Crippen LogP contribution is -2.40. The number of nitrogens with two attached hydrogens (primary N) is 1. The fourth-order valence-corrected chi connectivity index (χ4v) is 2.19. The number of para-hydroxylation sites is 1. The number of rotatable bonds is 5. The molecule has 2 N–H and O–H groups in total. The van der Waals surface area contributed by atoms with E-state index in [0.29, 0.717) is 12.6 Å². The molecule has 0 unspecified atom stereocenters. The summed E-state index contributed by atoms with van der Waals surface area (Å²) in [5.74, 6) is 1.61. The average Bonchev–Trinajstić information content (AvgIpc) is 2.49. The molecule has 1 heterocycles. The van der Waals surface area contributed by atoms with Gasteiger partial charge in [0.25, 0.3) is 0 Å². The van der Waals surface area contributed by atoms with Crippen molar-refractivity contribution in [1.29, 1.82) is 0 Å². The number of hydrogen-bond acceptors (Lipinski definition) is 2. The van der Waals surface area contributed by atoms with Crippen molar-refractivity contribution in [3.63, 3.8) is 0 Å². The van der Waals surface area contributed by atoms with Gasteiger partial charge in [-0.3, -0.25) is 4.99 Å². The predicted octanol–water partition coefficient (Wildman–Crippen LogP) is 2.26. The number of benzene rings is 1. The first-order chi connectivity index (χ1) is 9.36. The van der Waals surface area contributed by atoms with Crippen LogP contribution in [0, 0.1) is 0 Å².